The molecule has 0 atom stereocenters. The molecule has 0 bridgehead atoms. The summed E-state index contributed by atoms with van der Waals surface area (Å²) in [6, 6.07) is 12.6. The predicted octanol–water partition coefficient (Wildman–Crippen LogP) is 3.31. The first kappa shape index (κ1) is 22.0. The lowest BCUT2D eigenvalue weighted by molar-refractivity contribution is -0.125. The molecule has 2 aromatic carbocycles. The number of nitrogens with zero attached hydrogens (tertiary/aromatic N) is 1. The summed E-state index contributed by atoms with van der Waals surface area (Å²) >= 11 is 4.67. The molecule has 28 heavy (non-hydrogen) atoms. The number of carbonyl (C=O) groups is 3. The number of halogens is 1. The molecule has 2 N–H and O–H groups in total. The lowest BCUT2D eigenvalue weighted by Crippen LogP contribution is -2.33. The van der Waals surface area contributed by atoms with Gasteiger partial charge < -0.3 is 15.5 Å². The van der Waals surface area contributed by atoms with E-state index in [1.807, 2.05) is 25.1 Å². The predicted molar refractivity (Wildman–Crippen MR) is 116 cm³/mol. The summed E-state index contributed by atoms with van der Waals surface area (Å²) in [5.74, 6) is -0.472. The zero-order valence-electron chi connectivity index (χ0n) is 15.9. The molecule has 0 aliphatic rings. The molecule has 148 valence electrons. The van der Waals surface area contributed by atoms with Crippen LogP contribution in [0.1, 0.15) is 15.9 Å². The molecule has 0 unspecified atom stereocenters. The Hall–Kier alpha value is -2.32. The highest BCUT2D eigenvalue weighted by Gasteiger charge is 2.14. The quantitative estimate of drug-likeness (QED) is 0.617. The van der Waals surface area contributed by atoms with E-state index in [9.17, 15) is 14.4 Å². The fourth-order valence-electron chi connectivity index (χ4n) is 2.27. The van der Waals surface area contributed by atoms with Crippen LogP contribution >= 0.6 is 27.7 Å². The van der Waals surface area contributed by atoms with Crippen LogP contribution in [0.5, 0.6) is 0 Å². The van der Waals surface area contributed by atoms with E-state index in [1.165, 1.54) is 16.7 Å². The zero-order valence-corrected chi connectivity index (χ0v) is 18.3. The van der Waals surface area contributed by atoms with Crippen LogP contribution in [0.15, 0.2) is 51.8 Å². The average Bonchev–Trinajstić information content (AvgIpc) is 2.66. The van der Waals surface area contributed by atoms with E-state index < -0.39 is 0 Å². The fraction of sp³-hybridized carbons (Fsp3) is 0.250. The van der Waals surface area contributed by atoms with Crippen LogP contribution in [0, 0.1) is 6.92 Å². The molecule has 0 heterocycles. The Morgan fingerprint density at radius 2 is 1.82 bits per heavy atom. The van der Waals surface area contributed by atoms with Crippen molar-refractivity contribution in [1.82, 2.24) is 10.2 Å². The van der Waals surface area contributed by atoms with Crippen molar-refractivity contribution in [2.45, 2.75) is 11.8 Å². The van der Waals surface area contributed by atoms with E-state index in [4.69, 9.17) is 0 Å². The second-order valence-corrected chi connectivity index (χ2v) is 8.20. The highest BCUT2D eigenvalue weighted by atomic mass is 79.9. The third kappa shape index (κ3) is 6.38. The number of hydrogen-bond acceptors (Lipinski definition) is 4. The molecule has 0 radical (unpaired) electrons. The summed E-state index contributed by atoms with van der Waals surface area (Å²) in [6.45, 7) is 1.74. The van der Waals surface area contributed by atoms with Crippen LogP contribution in [0.4, 0.5) is 5.69 Å². The Balaban J connectivity index is 1.95. The van der Waals surface area contributed by atoms with Crippen LogP contribution in [-0.4, -0.2) is 49.0 Å². The van der Waals surface area contributed by atoms with Gasteiger partial charge in [-0.2, -0.15) is 0 Å². The van der Waals surface area contributed by atoms with Gasteiger partial charge in [0.1, 0.15) is 0 Å². The van der Waals surface area contributed by atoms with E-state index in [-0.39, 0.29) is 30.0 Å². The molecule has 2 aromatic rings. The lowest BCUT2D eigenvalue weighted by atomic mass is 10.2. The van der Waals surface area contributed by atoms with Crippen molar-refractivity contribution in [2.24, 2.45) is 0 Å². The fourth-order valence-corrected chi connectivity index (χ4v) is 3.77. The highest BCUT2D eigenvalue weighted by Crippen LogP contribution is 2.23. The van der Waals surface area contributed by atoms with Crippen LogP contribution in [0.2, 0.25) is 0 Å². The lowest BCUT2D eigenvalue weighted by Gasteiger charge is -2.13. The van der Waals surface area contributed by atoms with Crippen LogP contribution < -0.4 is 10.6 Å². The topological polar surface area (TPSA) is 78.5 Å². The van der Waals surface area contributed by atoms with Gasteiger partial charge in [-0.25, -0.2) is 0 Å². The highest BCUT2D eigenvalue weighted by molar-refractivity contribution is 9.10. The smallest absolute Gasteiger partial charge is 0.252 e. The number of hydrogen-bond donors (Lipinski definition) is 2. The van der Waals surface area contributed by atoms with Gasteiger partial charge >= 0.3 is 0 Å². The first-order valence-corrected chi connectivity index (χ1v) is 10.3. The first-order chi connectivity index (χ1) is 13.3. The normalized spacial score (nSPS) is 10.3. The molecule has 3 amide bonds. The number of thioether (sulfide) groups is 1. The summed E-state index contributed by atoms with van der Waals surface area (Å²) in [7, 11) is 3.38. The summed E-state index contributed by atoms with van der Waals surface area (Å²) < 4.78 is 0.929. The van der Waals surface area contributed by atoms with E-state index in [0.717, 1.165) is 10.0 Å². The standard InChI is InChI=1S/C20H22BrN3O3S/c1-13-10-14(21)8-9-16(13)23-18(25)11-22-20(27)15-6-4-5-7-17(15)28-12-19(26)24(2)3/h4-10H,11-12H2,1-3H3,(H,22,27)(H,23,25). The number of nitrogens with one attached hydrogen (secondary N) is 2. The number of rotatable bonds is 7. The molecule has 6 nitrogen and oxygen atoms in total. The Morgan fingerprint density at radius 3 is 2.50 bits per heavy atom. The van der Waals surface area contributed by atoms with Crippen molar-refractivity contribution in [3.05, 3.63) is 58.1 Å². The van der Waals surface area contributed by atoms with Crippen molar-refractivity contribution >= 4 is 51.1 Å². The second kappa shape index (κ2) is 10.3. The molecule has 0 fully saturated rings. The van der Waals surface area contributed by atoms with E-state index in [0.29, 0.717) is 16.1 Å². The minimum Gasteiger partial charge on any atom is -0.348 e. The SMILES string of the molecule is Cc1cc(Br)ccc1NC(=O)CNC(=O)c1ccccc1SCC(=O)N(C)C. The van der Waals surface area contributed by atoms with Gasteiger partial charge in [-0.05, 0) is 42.8 Å². The average molecular weight is 464 g/mol. The minimum atomic E-state index is -0.358. The maximum absolute atomic E-state index is 12.5. The van der Waals surface area contributed by atoms with Crippen molar-refractivity contribution in [3.63, 3.8) is 0 Å². The third-order valence-electron chi connectivity index (χ3n) is 3.85. The molecular weight excluding hydrogens is 442 g/mol. The largest absolute Gasteiger partial charge is 0.348 e. The number of anilines is 1. The third-order valence-corrected chi connectivity index (χ3v) is 5.41. The van der Waals surface area contributed by atoms with E-state index in [2.05, 4.69) is 26.6 Å². The summed E-state index contributed by atoms with van der Waals surface area (Å²) in [5.41, 5.74) is 2.05. The Bertz CT molecular complexity index is 887. The van der Waals surface area contributed by atoms with Gasteiger partial charge in [0.15, 0.2) is 0 Å². The molecule has 2 rings (SSSR count). The van der Waals surface area contributed by atoms with Gasteiger partial charge in [-0.15, -0.1) is 11.8 Å². The molecule has 0 aliphatic heterocycles. The second-order valence-electron chi connectivity index (χ2n) is 6.26. The van der Waals surface area contributed by atoms with Gasteiger partial charge in [-0.1, -0.05) is 28.1 Å². The Labute approximate surface area is 177 Å². The van der Waals surface area contributed by atoms with Gasteiger partial charge in [-0.3, -0.25) is 14.4 Å². The van der Waals surface area contributed by atoms with Crippen LogP contribution in [0.3, 0.4) is 0 Å². The monoisotopic (exact) mass is 463 g/mol. The van der Waals surface area contributed by atoms with Gasteiger partial charge in [0.2, 0.25) is 11.8 Å². The Morgan fingerprint density at radius 1 is 1.11 bits per heavy atom. The number of benzene rings is 2. The van der Waals surface area contributed by atoms with Crippen molar-refractivity contribution < 1.29 is 14.4 Å². The summed E-state index contributed by atoms with van der Waals surface area (Å²) in [6.07, 6.45) is 0. The number of aryl methyl sites for hydroxylation is 1. The molecule has 0 aliphatic carbocycles. The van der Waals surface area contributed by atoms with Crippen LogP contribution in [0.25, 0.3) is 0 Å². The molecule has 0 spiro atoms. The van der Waals surface area contributed by atoms with Crippen molar-refractivity contribution in [1.29, 1.82) is 0 Å². The Kier molecular flexibility index (Phi) is 8.07. The maximum Gasteiger partial charge on any atom is 0.252 e. The number of amides is 3. The van der Waals surface area contributed by atoms with Crippen molar-refractivity contribution in [2.75, 3.05) is 31.7 Å². The summed E-state index contributed by atoms with van der Waals surface area (Å²) in [5, 5.41) is 5.41. The van der Waals surface area contributed by atoms with Crippen LogP contribution in [-0.2, 0) is 9.59 Å². The number of carbonyl (C=O) groups excluding carboxylic acids is 3. The molecule has 8 heteroatoms. The van der Waals surface area contributed by atoms with Gasteiger partial charge in [0.25, 0.3) is 5.91 Å². The minimum absolute atomic E-state index is 0.0375. The molecule has 0 aromatic heterocycles. The summed E-state index contributed by atoms with van der Waals surface area (Å²) in [4.78, 5) is 38.7. The van der Waals surface area contributed by atoms with Crippen molar-refractivity contribution in [3.8, 4) is 0 Å². The maximum atomic E-state index is 12.5. The van der Waals surface area contributed by atoms with E-state index in [1.54, 1.807) is 38.4 Å². The van der Waals surface area contributed by atoms with Gasteiger partial charge in [0, 0.05) is 29.2 Å². The van der Waals surface area contributed by atoms with Gasteiger partial charge in [0.05, 0.1) is 17.9 Å². The zero-order chi connectivity index (χ0) is 20.7. The molecule has 0 saturated carbocycles. The molecule has 0 saturated heterocycles. The first-order valence-electron chi connectivity index (χ1n) is 8.54. The molecular formula is C20H22BrN3O3S. The van der Waals surface area contributed by atoms with E-state index >= 15 is 0 Å².